The highest BCUT2D eigenvalue weighted by Crippen LogP contribution is 2.19. The summed E-state index contributed by atoms with van der Waals surface area (Å²) in [4.78, 5) is 15.9. The first-order valence-electron chi connectivity index (χ1n) is 5.29. The maximum Gasteiger partial charge on any atom is 0.260 e. The number of aromatic hydroxyl groups is 1. The Morgan fingerprint density at radius 2 is 2.11 bits per heavy atom. The molecule has 0 saturated heterocycles. The van der Waals surface area contributed by atoms with Gasteiger partial charge in [0, 0.05) is 6.20 Å². The molecule has 0 unspecified atom stereocenters. The van der Waals surface area contributed by atoms with Gasteiger partial charge in [-0.15, -0.1) is 0 Å². The minimum atomic E-state index is -0.411. The molecule has 0 aliphatic carbocycles. The SMILES string of the molecule is Cc1ccc(O)c(C(=O)Nc2ccc(Cl)cn2)c1. The van der Waals surface area contributed by atoms with E-state index >= 15 is 0 Å². The first-order chi connectivity index (χ1) is 8.56. The van der Waals surface area contributed by atoms with Gasteiger partial charge in [0.05, 0.1) is 10.6 Å². The standard InChI is InChI=1S/C13H11ClN2O2/c1-8-2-4-11(17)10(6-8)13(18)16-12-5-3-9(14)7-15-12/h2-7,17H,1H3,(H,15,16,18). The Labute approximate surface area is 109 Å². The lowest BCUT2D eigenvalue weighted by molar-refractivity contribution is 0.102. The number of hydrogen-bond donors (Lipinski definition) is 2. The quantitative estimate of drug-likeness (QED) is 0.875. The molecule has 1 aromatic heterocycles. The molecule has 0 fully saturated rings. The maximum absolute atomic E-state index is 11.9. The third-order valence-corrected chi connectivity index (χ3v) is 2.59. The zero-order valence-corrected chi connectivity index (χ0v) is 10.4. The molecule has 1 aromatic carbocycles. The van der Waals surface area contributed by atoms with Crippen LogP contribution in [0, 0.1) is 6.92 Å². The summed E-state index contributed by atoms with van der Waals surface area (Å²) < 4.78 is 0. The van der Waals surface area contributed by atoms with Crippen LogP contribution in [0.1, 0.15) is 15.9 Å². The van der Waals surface area contributed by atoms with Gasteiger partial charge in [0.1, 0.15) is 11.6 Å². The smallest absolute Gasteiger partial charge is 0.260 e. The second kappa shape index (κ2) is 5.06. The highest BCUT2D eigenvalue weighted by Gasteiger charge is 2.11. The third-order valence-electron chi connectivity index (χ3n) is 2.37. The van der Waals surface area contributed by atoms with Gasteiger partial charge in [0.2, 0.25) is 0 Å². The molecular formula is C13H11ClN2O2. The summed E-state index contributed by atoms with van der Waals surface area (Å²) in [6.07, 6.45) is 1.44. The number of benzene rings is 1. The number of phenols is 1. The molecule has 1 heterocycles. The van der Waals surface area contributed by atoms with Crippen LogP contribution in [-0.2, 0) is 0 Å². The molecule has 0 radical (unpaired) electrons. The normalized spacial score (nSPS) is 10.1. The number of pyridine rings is 1. The van der Waals surface area contributed by atoms with Crippen LogP contribution in [0.5, 0.6) is 5.75 Å². The van der Waals surface area contributed by atoms with Gasteiger partial charge < -0.3 is 10.4 Å². The highest BCUT2D eigenvalue weighted by atomic mass is 35.5. The average Bonchev–Trinajstić information content (AvgIpc) is 2.35. The van der Waals surface area contributed by atoms with Crippen LogP contribution in [0.25, 0.3) is 0 Å². The number of amides is 1. The van der Waals surface area contributed by atoms with E-state index in [9.17, 15) is 9.90 Å². The van der Waals surface area contributed by atoms with Crippen molar-refractivity contribution in [2.24, 2.45) is 0 Å². The van der Waals surface area contributed by atoms with Crippen LogP contribution < -0.4 is 5.32 Å². The van der Waals surface area contributed by atoms with Crippen molar-refractivity contribution in [3.63, 3.8) is 0 Å². The van der Waals surface area contributed by atoms with Crippen LogP contribution >= 0.6 is 11.6 Å². The first-order valence-corrected chi connectivity index (χ1v) is 5.66. The molecule has 0 bridgehead atoms. The van der Waals surface area contributed by atoms with Gasteiger partial charge >= 0.3 is 0 Å². The van der Waals surface area contributed by atoms with Gasteiger partial charge in [-0.05, 0) is 31.2 Å². The Kier molecular flexibility index (Phi) is 3.48. The summed E-state index contributed by atoms with van der Waals surface area (Å²) in [7, 11) is 0. The second-order valence-corrected chi connectivity index (χ2v) is 4.27. The Bertz CT molecular complexity index is 582. The number of aryl methyl sites for hydroxylation is 1. The van der Waals surface area contributed by atoms with Crippen molar-refractivity contribution in [3.05, 3.63) is 52.7 Å². The Morgan fingerprint density at radius 3 is 2.78 bits per heavy atom. The summed E-state index contributed by atoms with van der Waals surface area (Å²) in [6, 6.07) is 8.04. The van der Waals surface area contributed by atoms with Crippen molar-refractivity contribution >= 4 is 23.3 Å². The van der Waals surface area contributed by atoms with E-state index in [0.717, 1.165) is 5.56 Å². The molecule has 0 aliphatic heterocycles. The van der Waals surface area contributed by atoms with Crippen LogP contribution in [0.3, 0.4) is 0 Å². The molecule has 1 amide bonds. The van der Waals surface area contributed by atoms with Crippen molar-refractivity contribution < 1.29 is 9.90 Å². The topological polar surface area (TPSA) is 62.2 Å². The van der Waals surface area contributed by atoms with Crippen LogP contribution in [0.2, 0.25) is 5.02 Å². The fraction of sp³-hybridized carbons (Fsp3) is 0.0769. The number of carbonyl (C=O) groups is 1. The minimum absolute atomic E-state index is 0.0629. The molecule has 2 aromatic rings. The Hall–Kier alpha value is -2.07. The predicted molar refractivity (Wildman–Crippen MR) is 70.0 cm³/mol. The number of halogens is 1. The molecule has 2 rings (SSSR count). The van der Waals surface area contributed by atoms with Crippen molar-refractivity contribution in [2.45, 2.75) is 6.92 Å². The molecule has 0 spiro atoms. The van der Waals surface area contributed by atoms with E-state index in [1.807, 2.05) is 6.92 Å². The number of phenolic OH excluding ortho intramolecular Hbond substituents is 1. The molecule has 92 valence electrons. The van der Waals surface area contributed by atoms with Gasteiger partial charge in [0.25, 0.3) is 5.91 Å². The van der Waals surface area contributed by atoms with E-state index in [1.165, 1.54) is 12.3 Å². The number of hydrogen-bond acceptors (Lipinski definition) is 3. The van der Waals surface area contributed by atoms with Gasteiger partial charge in [-0.2, -0.15) is 0 Å². The van der Waals surface area contributed by atoms with Crippen LogP contribution in [0.4, 0.5) is 5.82 Å². The van der Waals surface area contributed by atoms with Crippen molar-refractivity contribution in [1.82, 2.24) is 4.98 Å². The summed E-state index contributed by atoms with van der Waals surface area (Å²) in [5.41, 5.74) is 1.11. The lowest BCUT2D eigenvalue weighted by Gasteiger charge is -2.07. The van der Waals surface area contributed by atoms with Crippen molar-refractivity contribution in [3.8, 4) is 5.75 Å². The summed E-state index contributed by atoms with van der Waals surface area (Å²) in [5, 5.41) is 12.7. The Morgan fingerprint density at radius 1 is 1.33 bits per heavy atom. The molecular weight excluding hydrogens is 252 g/mol. The molecule has 0 aliphatic rings. The van der Waals surface area contributed by atoms with Crippen molar-refractivity contribution in [1.29, 1.82) is 0 Å². The Balaban J connectivity index is 2.21. The van der Waals surface area contributed by atoms with E-state index in [4.69, 9.17) is 11.6 Å². The molecule has 18 heavy (non-hydrogen) atoms. The lowest BCUT2D eigenvalue weighted by Crippen LogP contribution is -2.13. The fourth-order valence-corrected chi connectivity index (χ4v) is 1.58. The van der Waals surface area contributed by atoms with Gasteiger partial charge in [0.15, 0.2) is 0 Å². The van der Waals surface area contributed by atoms with Crippen LogP contribution in [-0.4, -0.2) is 16.0 Å². The number of nitrogens with one attached hydrogen (secondary N) is 1. The number of carbonyl (C=O) groups excluding carboxylic acids is 1. The zero-order chi connectivity index (χ0) is 13.1. The van der Waals surface area contributed by atoms with E-state index in [-0.39, 0.29) is 11.3 Å². The lowest BCUT2D eigenvalue weighted by atomic mass is 10.1. The average molecular weight is 263 g/mol. The van der Waals surface area contributed by atoms with E-state index in [2.05, 4.69) is 10.3 Å². The largest absolute Gasteiger partial charge is 0.507 e. The summed E-state index contributed by atoms with van der Waals surface area (Å²) in [5.74, 6) is -0.0941. The number of aromatic nitrogens is 1. The number of anilines is 1. The van der Waals surface area contributed by atoms with E-state index in [0.29, 0.717) is 10.8 Å². The van der Waals surface area contributed by atoms with Gasteiger partial charge in [-0.3, -0.25) is 4.79 Å². The number of rotatable bonds is 2. The molecule has 0 saturated carbocycles. The second-order valence-electron chi connectivity index (χ2n) is 3.84. The maximum atomic E-state index is 11.9. The van der Waals surface area contributed by atoms with E-state index in [1.54, 1.807) is 24.3 Å². The van der Waals surface area contributed by atoms with Crippen molar-refractivity contribution in [2.75, 3.05) is 5.32 Å². The third kappa shape index (κ3) is 2.78. The minimum Gasteiger partial charge on any atom is -0.507 e. The molecule has 0 atom stereocenters. The molecule has 2 N–H and O–H groups in total. The monoisotopic (exact) mass is 262 g/mol. The number of nitrogens with zero attached hydrogens (tertiary/aromatic N) is 1. The van der Waals surface area contributed by atoms with Gasteiger partial charge in [-0.1, -0.05) is 23.2 Å². The first kappa shape index (κ1) is 12.4. The van der Waals surface area contributed by atoms with E-state index < -0.39 is 5.91 Å². The summed E-state index contributed by atoms with van der Waals surface area (Å²) in [6.45, 7) is 1.84. The molecule has 4 nitrogen and oxygen atoms in total. The predicted octanol–water partition coefficient (Wildman–Crippen LogP) is 3.00. The summed E-state index contributed by atoms with van der Waals surface area (Å²) >= 11 is 5.70. The highest BCUT2D eigenvalue weighted by molar-refractivity contribution is 6.30. The fourth-order valence-electron chi connectivity index (χ4n) is 1.47. The van der Waals surface area contributed by atoms with Gasteiger partial charge in [-0.25, -0.2) is 4.98 Å². The van der Waals surface area contributed by atoms with Crippen LogP contribution in [0.15, 0.2) is 36.5 Å². The zero-order valence-electron chi connectivity index (χ0n) is 9.64. The molecule has 5 heteroatoms.